The lowest BCUT2D eigenvalue weighted by Crippen LogP contribution is -2.38. The van der Waals surface area contributed by atoms with Gasteiger partial charge in [-0.2, -0.15) is 5.10 Å². The van der Waals surface area contributed by atoms with Gasteiger partial charge >= 0.3 is 0 Å². The number of amides is 3. The Morgan fingerprint density at radius 1 is 0.811 bits per heavy atom. The van der Waals surface area contributed by atoms with Crippen LogP contribution in [-0.4, -0.2) is 40.6 Å². The van der Waals surface area contributed by atoms with Crippen LogP contribution < -0.4 is 21.5 Å². The van der Waals surface area contributed by atoms with Crippen LogP contribution in [0.25, 0.3) is 22.0 Å². The van der Waals surface area contributed by atoms with Crippen molar-refractivity contribution in [3.63, 3.8) is 0 Å². The van der Waals surface area contributed by atoms with Crippen LogP contribution in [-0.2, 0) is 16.1 Å². The quantitative estimate of drug-likeness (QED) is 0.307. The van der Waals surface area contributed by atoms with Crippen molar-refractivity contribution in [3.05, 3.63) is 94.8 Å². The second-order valence-electron chi connectivity index (χ2n) is 8.36. The molecular formula is C28H27N5O4. The molecule has 1 heterocycles. The standard InChI is InChI=1S/C28H27N5O4/c1-2-25(34)31-23-11-9-20(10-12-23)28(37)30-16-15-29-26(35)18-33-27(36)14-13-24(32-33)22-8-7-19-5-3-4-6-21(19)17-22/h3-14,17H,2,15-16,18H2,1H3,(H,29,35)(H,30,37)(H,31,34). The summed E-state index contributed by atoms with van der Waals surface area (Å²) in [7, 11) is 0. The van der Waals surface area contributed by atoms with E-state index in [1.807, 2.05) is 42.5 Å². The molecule has 3 aromatic carbocycles. The van der Waals surface area contributed by atoms with Gasteiger partial charge in [0, 0.05) is 42.4 Å². The van der Waals surface area contributed by atoms with E-state index in [1.54, 1.807) is 37.3 Å². The van der Waals surface area contributed by atoms with E-state index in [2.05, 4.69) is 21.0 Å². The second-order valence-corrected chi connectivity index (χ2v) is 8.36. The van der Waals surface area contributed by atoms with E-state index < -0.39 is 5.91 Å². The average Bonchev–Trinajstić information content (AvgIpc) is 2.92. The summed E-state index contributed by atoms with van der Waals surface area (Å²) in [5, 5.41) is 14.6. The summed E-state index contributed by atoms with van der Waals surface area (Å²) in [6, 6.07) is 23.4. The monoisotopic (exact) mass is 497 g/mol. The van der Waals surface area contributed by atoms with Gasteiger partial charge < -0.3 is 16.0 Å². The highest BCUT2D eigenvalue weighted by Gasteiger charge is 2.10. The smallest absolute Gasteiger partial charge is 0.267 e. The first kappa shape index (κ1) is 25.3. The molecule has 0 spiro atoms. The Bertz CT molecular complexity index is 1490. The first-order valence-electron chi connectivity index (χ1n) is 11.9. The molecule has 0 fully saturated rings. The van der Waals surface area contributed by atoms with Crippen LogP contribution in [0.2, 0.25) is 0 Å². The van der Waals surface area contributed by atoms with Crippen LogP contribution in [0.15, 0.2) is 83.7 Å². The number of carbonyl (C=O) groups is 3. The number of hydrogen-bond donors (Lipinski definition) is 3. The molecule has 4 aromatic rings. The fourth-order valence-electron chi connectivity index (χ4n) is 3.69. The van der Waals surface area contributed by atoms with Gasteiger partial charge in [0.2, 0.25) is 11.8 Å². The largest absolute Gasteiger partial charge is 0.353 e. The van der Waals surface area contributed by atoms with Gasteiger partial charge in [-0.1, -0.05) is 43.3 Å². The van der Waals surface area contributed by atoms with Crippen LogP contribution in [0, 0.1) is 0 Å². The molecule has 0 saturated heterocycles. The number of nitrogens with zero attached hydrogens (tertiary/aromatic N) is 2. The van der Waals surface area contributed by atoms with Gasteiger partial charge in [-0.05, 0) is 47.2 Å². The number of nitrogens with one attached hydrogen (secondary N) is 3. The highest BCUT2D eigenvalue weighted by atomic mass is 16.2. The minimum absolute atomic E-state index is 0.106. The summed E-state index contributed by atoms with van der Waals surface area (Å²) in [5.74, 6) is -0.801. The number of carbonyl (C=O) groups excluding carboxylic acids is 3. The fourth-order valence-corrected chi connectivity index (χ4v) is 3.69. The zero-order valence-electron chi connectivity index (χ0n) is 20.4. The molecule has 0 unspecified atom stereocenters. The lowest BCUT2D eigenvalue weighted by molar-refractivity contribution is -0.122. The summed E-state index contributed by atoms with van der Waals surface area (Å²) in [6.45, 7) is 1.92. The molecule has 0 radical (unpaired) electrons. The van der Waals surface area contributed by atoms with Crippen molar-refractivity contribution < 1.29 is 14.4 Å². The van der Waals surface area contributed by atoms with Crippen molar-refractivity contribution in [2.24, 2.45) is 0 Å². The van der Waals surface area contributed by atoms with E-state index in [4.69, 9.17) is 0 Å². The molecule has 0 bridgehead atoms. The first-order valence-corrected chi connectivity index (χ1v) is 11.9. The Kier molecular flexibility index (Phi) is 8.05. The van der Waals surface area contributed by atoms with Crippen molar-refractivity contribution in [1.29, 1.82) is 0 Å². The minimum atomic E-state index is -0.393. The van der Waals surface area contributed by atoms with E-state index in [1.165, 1.54) is 6.07 Å². The van der Waals surface area contributed by atoms with Gasteiger partial charge in [0.05, 0.1) is 5.69 Å². The Morgan fingerprint density at radius 2 is 1.54 bits per heavy atom. The van der Waals surface area contributed by atoms with Crippen molar-refractivity contribution >= 4 is 34.2 Å². The van der Waals surface area contributed by atoms with E-state index in [0.29, 0.717) is 23.4 Å². The topological polar surface area (TPSA) is 122 Å². The Hall–Kier alpha value is -4.79. The van der Waals surface area contributed by atoms with Gasteiger partial charge in [-0.3, -0.25) is 19.2 Å². The van der Waals surface area contributed by atoms with Crippen LogP contribution in [0.5, 0.6) is 0 Å². The molecule has 3 N–H and O–H groups in total. The molecule has 0 aliphatic rings. The maximum atomic E-state index is 12.4. The summed E-state index contributed by atoms with van der Waals surface area (Å²) < 4.78 is 1.12. The number of benzene rings is 3. The zero-order chi connectivity index (χ0) is 26.2. The third-order valence-corrected chi connectivity index (χ3v) is 5.69. The number of fused-ring (bicyclic) bond motifs is 1. The highest BCUT2D eigenvalue weighted by Crippen LogP contribution is 2.22. The molecule has 0 saturated carbocycles. The third-order valence-electron chi connectivity index (χ3n) is 5.69. The van der Waals surface area contributed by atoms with Crippen LogP contribution in [0.1, 0.15) is 23.7 Å². The molecule has 3 amide bonds. The van der Waals surface area contributed by atoms with Crippen molar-refractivity contribution in [2.75, 3.05) is 18.4 Å². The molecule has 188 valence electrons. The molecular weight excluding hydrogens is 470 g/mol. The zero-order valence-corrected chi connectivity index (χ0v) is 20.4. The van der Waals surface area contributed by atoms with Crippen molar-refractivity contribution in [3.8, 4) is 11.3 Å². The number of hydrogen-bond acceptors (Lipinski definition) is 5. The van der Waals surface area contributed by atoms with E-state index >= 15 is 0 Å². The van der Waals surface area contributed by atoms with Gasteiger partial charge in [0.25, 0.3) is 11.5 Å². The Labute approximate surface area is 213 Å². The van der Waals surface area contributed by atoms with E-state index in [-0.39, 0.29) is 37.0 Å². The van der Waals surface area contributed by atoms with Crippen molar-refractivity contribution in [2.45, 2.75) is 19.9 Å². The summed E-state index contributed by atoms with van der Waals surface area (Å²) in [6.07, 6.45) is 0.370. The number of anilines is 1. The molecule has 37 heavy (non-hydrogen) atoms. The number of aromatic nitrogens is 2. The van der Waals surface area contributed by atoms with E-state index in [9.17, 15) is 19.2 Å². The molecule has 0 aliphatic heterocycles. The second kappa shape index (κ2) is 11.8. The summed E-state index contributed by atoms with van der Waals surface area (Å²) >= 11 is 0. The Balaban J connectivity index is 1.28. The molecule has 1 aromatic heterocycles. The summed E-state index contributed by atoms with van der Waals surface area (Å²) in [4.78, 5) is 48.4. The first-order chi connectivity index (χ1) is 17.9. The van der Waals surface area contributed by atoms with Crippen LogP contribution in [0.4, 0.5) is 5.69 Å². The highest BCUT2D eigenvalue weighted by molar-refractivity contribution is 5.95. The van der Waals surface area contributed by atoms with Crippen LogP contribution >= 0.6 is 0 Å². The fraction of sp³-hybridized carbons (Fsp3) is 0.179. The average molecular weight is 498 g/mol. The van der Waals surface area contributed by atoms with Gasteiger partial charge in [-0.15, -0.1) is 0 Å². The van der Waals surface area contributed by atoms with Gasteiger partial charge in [0.15, 0.2) is 0 Å². The molecule has 4 rings (SSSR count). The molecule has 9 nitrogen and oxygen atoms in total. The summed E-state index contributed by atoms with van der Waals surface area (Å²) in [5.41, 5.74) is 2.10. The van der Waals surface area contributed by atoms with Gasteiger partial charge in [-0.25, -0.2) is 4.68 Å². The number of rotatable bonds is 9. The van der Waals surface area contributed by atoms with Crippen LogP contribution in [0.3, 0.4) is 0 Å². The third kappa shape index (κ3) is 6.66. The predicted octanol–water partition coefficient (Wildman–Crippen LogP) is 2.96. The lowest BCUT2D eigenvalue weighted by Gasteiger charge is -2.10. The van der Waals surface area contributed by atoms with Crippen molar-refractivity contribution in [1.82, 2.24) is 20.4 Å². The van der Waals surface area contributed by atoms with Gasteiger partial charge in [0.1, 0.15) is 6.54 Å². The molecule has 9 heteroatoms. The lowest BCUT2D eigenvalue weighted by atomic mass is 10.1. The maximum Gasteiger partial charge on any atom is 0.267 e. The normalized spacial score (nSPS) is 10.6. The molecule has 0 aliphatic carbocycles. The minimum Gasteiger partial charge on any atom is -0.353 e. The van der Waals surface area contributed by atoms with E-state index in [0.717, 1.165) is 21.0 Å². The Morgan fingerprint density at radius 3 is 2.30 bits per heavy atom. The SMILES string of the molecule is CCC(=O)Nc1ccc(C(=O)NCCNC(=O)Cn2nc(-c3ccc4ccccc4c3)ccc2=O)cc1. The maximum absolute atomic E-state index is 12.4. The molecule has 0 atom stereocenters. The predicted molar refractivity (Wildman–Crippen MR) is 142 cm³/mol.